The van der Waals surface area contributed by atoms with Gasteiger partial charge in [-0.15, -0.1) is 0 Å². The summed E-state index contributed by atoms with van der Waals surface area (Å²) in [5.74, 6) is 0. The van der Waals surface area contributed by atoms with Crippen LogP contribution in [-0.4, -0.2) is 26.8 Å². The molecular formula is C8H16N2S2Si2. The van der Waals surface area contributed by atoms with Crippen LogP contribution in [0.15, 0.2) is 9.32 Å². The molecule has 0 saturated carbocycles. The Hall–Kier alpha value is 0.0338. The lowest BCUT2D eigenvalue weighted by Crippen LogP contribution is -2.44. The lowest BCUT2D eigenvalue weighted by Gasteiger charge is -2.32. The SMILES string of the molecule is CC([Si](C)(C)N=C=S)[Si](C)(C)N=C=S. The second-order valence-electron chi connectivity index (χ2n) is 4.44. The van der Waals surface area contributed by atoms with E-state index in [-0.39, 0.29) is 0 Å². The third-order valence-electron chi connectivity index (χ3n) is 2.79. The van der Waals surface area contributed by atoms with Gasteiger partial charge in [-0.1, -0.05) is 6.92 Å². The third-order valence-corrected chi connectivity index (χ3v) is 13.1. The number of hydrogen-bond acceptors (Lipinski definition) is 4. The maximum Gasteiger partial charge on any atom is 0.190 e. The molecule has 2 nitrogen and oxygen atoms in total. The molecule has 0 heterocycles. The van der Waals surface area contributed by atoms with Gasteiger partial charge in [0.25, 0.3) is 0 Å². The average Bonchev–Trinajstić information content (AvgIpc) is 2.02. The number of thiocarbonyl (C=S) groups is 2. The fourth-order valence-corrected chi connectivity index (χ4v) is 10.9. The van der Waals surface area contributed by atoms with E-state index in [0.717, 1.165) is 0 Å². The maximum atomic E-state index is 4.67. The van der Waals surface area contributed by atoms with Gasteiger partial charge in [-0.05, 0) is 55.8 Å². The van der Waals surface area contributed by atoms with Crippen LogP contribution in [0.3, 0.4) is 0 Å². The summed E-state index contributed by atoms with van der Waals surface area (Å²) < 4.78 is 8.64. The van der Waals surface area contributed by atoms with Crippen molar-refractivity contribution in [3.05, 3.63) is 0 Å². The molecule has 0 atom stereocenters. The van der Waals surface area contributed by atoms with Crippen LogP contribution < -0.4 is 0 Å². The second-order valence-corrected chi connectivity index (χ2v) is 14.2. The molecule has 78 valence electrons. The van der Waals surface area contributed by atoms with Gasteiger partial charge in [0.1, 0.15) is 0 Å². The zero-order valence-corrected chi connectivity index (χ0v) is 12.9. The molecule has 0 spiro atoms. The van der Waals surface area contributed by atoms with Crippen molar-refractivity contribution in [2.24, 2.45) is 9.32 Å². The normalized spacial score (nSPS) is 13.8. The molecule has 0 N–H and O–H groups in total. The van der Waals surface area contributed by atoms with E-state index in [1.54, 1.807) is 0 Å². The lowest BCUT2D eigenvalue weighted by molar-refractivity contribution is 1.14. The highest BCUT2D eigenvalue weighted by molar-refractivity contribution is 7.78. The smallest absolute Gasteiger partial charge is 0.190 e. The van der Waals surface area contributed by atoms with Crippen LogP contribution in [0.4, 0.5) is 0 Å². The molecule has 0 aliphatic rings. The van der Waals surface area contributed by atoms with Crippen molar-refractivity contribution in [3.63, 3.8) is 0 Å². The van der Waals surface area contributed by atoms with Crippen LogP contribution in [0.2, 0.25) is 31.4 Å². The van der Waals surface area contributed by atoms with Gasteiger partial charge < -0.3 is 0 Å². The standard InChI is InChI=1S/C8H16N2S2Si2/c1-8(13(2,3)9-6-11)14(4,5)10-7-12/h8H,1-5H3. The molecule has 0 saturated heterocycles. The van der Waals surface area contributed by atoms with E-state index >= 15 is 0 Å². The van der Waals surface area contributed by atoms with Crippen molar-refractivity contribution in [2.75, 3.05) is 0 Å². The van der Waals surface area contributed by atoms with Crippen LogP contribution in [-0.2, 0) is 0 Å². The molecule has 0 aliphatic heterocycles. The summed E-state index contributed by atoms with van der Waals surface area (Å²) in [7, 11) is -3.38. The Morgan fingerprint density at radius 3 is 1.43 bits per heavy atom. The minimum Gasteiger partial charge on any atom is -0.274 e. The summed E-state index contributed by atoms with van der Waals surface area (Å²) in [5, 5.41) is 5.50. The van der Waals surface area contributed by atoms with Gasteiger partial charge in [0, 0.05) is 10.3 Å². The fraction of sp³-hybridized carbons (Fsp3) is 0.750. The van der Waals surface area contributed by atoms with Crippen molar-refractivity contribution in [1.29, 1.82) is 0 Å². The van der Waals surface area contributed by atoms with E-state index in [9.17, 15) is 0 Å². The van der Waals surface area contributed by atoms with Gasteiger partial charge in [0.05, 0.1) is 0 Å². The molecule has 6 heteroatoms. The molecule has 0 aromatic carbocycles. The van der Waals surface area contributed by atoms with Crippen LogP contribution >= 0.6 is 24.4 Å². The largest absolute Gasteiger partial charge is 0.274 e. The lowest BCUT2D eigenvalue weighted by atomic mass is 10.9. The molecule has 0 radical (unpaired) electrons. The van der Waals surface area contributed by atoms with Crippen LogP contribution in [0.5, 0.6) is 0 Å². The zero-order valence-electron chi connectivity index (χ0n) is 9.29. The fourth-order valence-electron chi connectivity index (χ4n) is 1.29. The topological polar surface area (TPSA) is 24.7 Å². The quantitative estimate of drug-likeness (QED) is 0.439. The van der Waals surface area contributed by atoms with E-state index in [2.05, 4.69) is 77.2 Å². The zero-order chi connectivity index (χ0) is 11.4. The molecule has 0 unspecified atom stereocenters. The highest BCUT2D eigenvalue weighted by Gasteiger charge is 2.41. The first-order valence-corrected chi connectivity index (χ1v) is 11.3. The average molecular weight is 261 g/mol. The number of hydrogen-bond donors (Lipinski definition) is 0. The molecule has 0 aromatic rings. The number of rotatable bonds is 4. The molecule has 0 fully saturated rings. The Balaban J connectivity index is 5.02. The van der Waals surface area contributed by atoms with Crippen LogP contribution in [0, 0.1) is 0 Å². The van der Waals surface area contributed by atoms with Gasteiger partial charge >= 0.3 is 0 Å². The summed E-state index contributed by atoms with van der Waals surface area (Å²) in [6.07, 6.45) is 0. The Morgan fingerprint density at radius 1 is 0.929 bits per heavy atom. The minimum absolute atomic E-state index is 0.487. The predicted molar refractivity (Wildman–Crippen MR) is 74.4 cm³/mol. The monoisotopic (exact) mass is 260 g/mol. The first-order chi connectivity index (χ1) is 6.28. The van der Waals surface area contributed by atoms with E-state index in [0.29, 0.717) is 5.16 Å². The van der Waals surface area contributed by atoms with Crippen LogP contribution in [0.25, 0.3) is 0 Å². The van der Waals surface area contributed by atoms with Gasteiger partial charge in [0.15, 0.2) is 16.5 Å². The molecular weight excluding hydrogens is 244 g/mol. The predicted octanol–water partition coefficient (Wildman–Crippen LogP) is 3.53. The highest BCUT2D eigenvalue weighted by Crippen LogP contribution is 2.32. The van der Waals surface area contributed by atoms with E-state index in [1.807, 2.05) is 0 Å². The van der Waals surface area contributed by atoms with Crippen molar-refractivity contribution in [1.82, 2.24) is 0 Å². The van der Waals surface area contributed by atoms with E-state index in [1.165, 1.54) is 0 Å². The molecule has 14 heavy (non-hydrogen) atoms. The first kappa shape index (κ1) is 14.0. The molecule has 0 amide bonds. The number of nitrogens with zero attached hydrogens (tertiary/aromatic N) is 2. The van der Waals surface area contributed by atoms with Crippen LogP contribution in [0.1, 0.15) is 6.92 Å². The van der Waals surface area contributed by atoms with Crippen molar-refractivity contribution in [2.45, 2.75) is 38.3 Å². The van der Waals surface area contributed by atoms with Crippen molar-refractivity contribution >= 4 is 51.2 Å². The molecule has 0 bridgehead atoms. The van der Waals surface area contributed by atoms with Gasteiger partial charge in [-0.25, -0.2) is 0 Å². The summed E-state index contributed by atoms with van der Waals surface area (Å²) in [4.78, 5) is 0. The summed E-state index contributed by atoms with van der Waals surface area (Å²) in [6, 6.07) is 0. The summed E-state index contributed by atoms with van der Waals surface area (Å²) >= 11 is 9.35. The Bertz CT molecular complexity index is 272. The molecule has 0 aromatic heterocycles. The van der Waals surface area contributed by atoms with Crippen molar-refractivity contribution in [3.8, 4) is 0 Å². The second kappa shape index (κ2) is 5.21. The Kier molecular flexibility index (Phi) is 5.22. The Labute approximate surface area is 98.7 Å². The number of isothiocyanates is 2. The van der Waals surface area contributed by atoms with Crippen molar-refractivity contribution < 1.29 is 0 Å². The third kappa shape index (κ3) is 3.65. The minimum atomic E-state index is -1.69. The van der Waals surface area contributed by atoms with Gasteiger partial charge in [-0.3, -0.25) is 9.32 Å². The summed E-state index contributed by atoms with van der Waals surface area (Å²) in [5.41, 5.74) is 0. The Morgan fingerprint density at radius 2 is 1.21 bits per heavy atom. The maximum absolute atomic E-state index is 4.67. The molecule has 0 rings (SSSR count). The van der Waals surface area contributed by atoms with Gasteiger partial charge in [0.2, 0.25) is 0 Å². The molecule has 0 aliphatic carbocycles. The first-order valence-electron chi connectivity index (χ1n) is 4.46. The van der Waals surface area contributed by atoms with Gasteiger partial charge in [-0.2, -0.15) is 0 Å². The van der Waals surface area contributed by atoms with E-state index < -0.39 is 16.5 Å². The van der Waals surface area contributed by atoms with E-state index in [4.69, 9.17) is 0 Å². The highest BCUT2D eigenvalue weighted by atomic mass is 32.1. The summed E-state index contributed by atoms with van der Waals surface area (Å²) in [6.45, 7) is 10.9.